The van der Waals surface area contributed by atoms with E-state index in [9.17, 15) is 4.79 Å². The van der Waals surface area contributed by atoms with Crippen molar-refractivity contribution in [1.29, 1.82) is 0 Å². The largest absolute Gasteiger partial charge is 0.493 e. The molecule has 4 rings (SSSR count). The Bertz CT molecular complexity index is 1860. The van der Waals surface area contributed by atoms with Crippen molar-refractivity contribution in [2.75, 3.05) is 46.4 Å². The maximum atomic E-state index is 12.9. The average Bonchev–Trinajstić information content (AvgIpc) is 3.42. The van der Waals surface area contributed by atoms with Crippen LogP contribution in [0.1, 0.15) is 60.4 Å². The van der Waals surface area contributed by atoms with E-state index < -0.39 is 0 Å². The van der Waals surface area contributed by atoms with Crippen molar-refractivity contribution in [2.24, 2.45) is 10.7 Å². The van der Waals surface area contributed by atoms with Gasteiger partial charge >= 0.3 is 5.97 Å². The summed E-state index contributed by atoms with van der Waals surface area (Å²) in [5.74, 6) is 1.93. The number of allylic oxidation sites excluding steroid dienone is 7. The summed E-state index contributed by atoms with van der Waals surface area (Å²) < 4.78 is 13.6. The van der Waals surface area contributed by atoms with Crippen molar-refractivity contribution < 1.29 is 14.3 Å². The molecule has 7 nitrogen and oxygen atoms in total. The van der Waals surface area contributed by atoms with Gasteiger partial charge in [-0.25, -0.2) is 4.79 Å². The number of fused-ring (bicyclic) bond motifs is 5. The third kappa shape index (κ3) is 10.2. The smallest absolute Gasteiger partial charge is 0.354 e. The van der Waals surface area contributed by atoms with E-state index in [1.165, 1.54) is 18.2 Å². The van der Waals surface area contributed by atoms with Crippen LogP contribution < -0.4 is 10.5 Å². The zero-order valence-corrected chi connectivity index (χ0v) is 32.1. The zero-order valence-electron chi connectivity index (χ0n) is 30.5. The molecule has 2 aromatic carbocycles. The fraction of sp³-hybridized carbons (Fsp3) is 0.366. The van der Waals surface area contributed by atoms with Gasteiger partial charge in [-0.05, 0) is 104 Å². The second-order valence-corrected chi connectivity index (χ2v) is 14.0. The van der Waals surface area contributed by atoms with Crippen LogP contribution in [0.2, 0.25) is 0 Å². The number of methoxy groups -OCH3 is 1. The molecule has 266 valence electrons. The first-order valence-corrected chi connectivity index (χ1v) is 18.6. The summed E-state index contributed by atoms with van der Waals surface area (Å²) in [6.07, 6.45) is 13.3. The molecule has 1 aliphatic heterocycles. The Morgan fingerprint density at radius 2 is 1.92 bits per heavy atom. The number of hydrogen-bond acceptors (Lipinski definition) is 7. The van der Waals surface area contributed by atoms with Crippen molar-refractivity contribution in [1.82, 2.24) is 9.47 Å². The summed E-state index contributed by atoms with van der Waals surface area (Å²) in [4.78, 5) is 19.6. The second kappa shape index (κ2) is 18.7. The predicted octanol–water partition coefficient (Wildman–Crippen LogP) is 9.11. The van der Waals surface area contributed by atoms with E-state index >= 15 is 0 Å². The molecule has 0 saturated heterocycles. The van der Waals surface area contributed by atoms with Crippen molar-refractivity contribution in [3.8, 4) is 5.75 Å². The fourth-order valence-electron chi connectivity index (χ4n) is 6.03. The van der Waals surface area contributed by atoms with Crippen LogP contribution in [0, 0.1) is 6.92 Å². The van der Waals surface area contributed by atoms with Gasteiger partial charge in [-0.15, -0.1) is 0 Å². The molecule has 0 fully saturated rings. The highest BCUT2D eigenvalue weighted by Crippen LogP contribution is 2.30. The Morgan fingerprint density at radius 1 is 1.14 bits per heavy atom. The summed E-state index contributed by atoms with van der Waals surface area (Å²) in [6, 6.07) is 14.7. The number of carbonyl (C=O) groups excluding carboxylic acids is 1. The van der Waals surface area contributed by atoms with Gasteiger partial charge in [0.1, 0.15) is 11.4 Å². The number of nitrogens with two attached hydrogens (primary N) is 1. The predicted molar refractivity (Wildman–Crippen MR) is 214 cm³/mol. The minimum Gasteiger partial charge on any atom is -0.493 e. The Hall–Kier alpha value is -4.14. The van der Waals surface area contributed by atoms with E-state index in [4.69, 9.17) is 26.8 Å². The lowest BCUT2D eigenvalue weighted by atomic mass is 10.0. The number of ether oxygens (including phenoxy) is 2. The number of nitrogens with zero attached hydrogens (tertiary/aromatic N) is 3. The molecule has 0 amide bonds. The van der Waals surface area contributed by atoms with E-state index in [-0.39, 0.29) is 5.97 Å². The van der Waals surface area contributed by atoms with Gasteiger partial charge < -0.3 is 24.7 Å². The molecule has 0 atom stereocenters. The van der Waals surface area contributed by atoms with Gasteiger partial charge in [0.2, 0.25) is 0 Å². The number of benzene rings is 2. The number of aryl methyl sites for hydroxylation is 2. The van der Waals surface area contributed by atoms with E-state index in [0.717, 1.165) is 75.5 Å². The number of carbonyl (C=O) groups is 1. The Balaban J connectivity index is 1.78. The third-order valence-electron chi connectivity index (χ3n) is 8.75. The topological polar surface area (TPSA) is 82.1 Å². The van der Waals surface area contributed by atoms with Gasteiger partial charge in [0.15, 0.2) is 0 Å². The van der Waals surface area contributed by atoms with Gasteiger partial charge in [0.05, 0.1) is 13.7 Å². The van der Waals surface area contributed by atoms with Gasteiger partial charge in [0.25, 0.3) is 0 Å². The molecule has 0 saturated carbocycles. The molecular weight excluding hydrogens is 664 g/mol. The average molecular weight is 715 g/mol. The van der Waals surface area contributed by atoms with Crippen LogP contribution in [0.5, 0.6) is 5.75 Å². The number of thioether (sulfide) groups is 1. The number of aromatic nitrogens is 1. The second-order valence-electron chi connectivity index (χ2n) is 12.6. The van der Waals surface area contributed by atoms with E-state index in [1.807, 2.05) is 75.1 Å². The quantitative estimate of drug-likeness (QED) is 0.273. The normalized spacial score (nSPS) is 19.9. The van der Waals surface area contributed by atoms with Crippen LogP contribution in [0.3, 0.4) is 0 Å². The van der Waals surface area contributed by atoms with Gasteiger partial charge in [-0.3, -0.25) is 4.99 Å². The minimum atomic E-state index is -0.371. The van der Waals surface area contributed by atoms with Crippen molar-refractivity contribution in [2.45, 2.75) is 53.0 Å². The molecule has 0 radical (unpaired) electrons. The standard InChI is InChI=1S/C41H51ClN4O3S/c1-8-12-32-26-50-27-34(43)25-35(44-4)17-15-30-22-31-13-9-10-14-37(31)39(23-30)49-20-11-19-46-36(21-28(2)40(46)41(47)48-7)18-16-33(42)24-38(32)29(3)45(5)6/h9-10,12-14,16,18,21-25H,8,11,15,17,19-20,26-27,43H2,1-7H3/b18-16-,32-12+,33-24-,34-25?,38-29-,44-35?. The molecular formula is C41H51ClN4O3S. The van der Waals surface area contributed by atoms with Crippen LogP contribution in [0.15, 0.2) is 99.3 Å². The maximum absolute atomic E-state index is 12.9. The number of aliphatic imine (C=N–C) groups is 1. The number of halogens is 1. The lowest BCUT2D eigenvalue weighted by molar-refractivity contribution is 0.0587. The lowest BCUT2D eigenvalue weighted by Crippen LogP contribution is -2.14. The molecule has 1 aromatic heterocycles. The highest BCUT2D eigenvalue weighted by Gasteiger charge is 2.19. The first kappa shape index (κ1) is 38.7. The summed E-state index contributed by atoms with van der Waals surface area (Å²) >= 11 is 8.73. The van der Waals surface area contributed by atoms with Gasteiger partial charge in [0, 0.05) is 72.4 Å². The number of esters is 1. The Labute approximate surface area is 307 Å². The van der Waals surface area contributed by atoms with Crippen LogP contribution >= 0.6 is 23.4 Å². The molecule has 1 aliphatic rings. The Morgan fingerprint density at radius 3 is 2.64 bits per heavy atom. The van der Waals surface area contributed by atoms with E-state index in [2.05, 4.69) is 54.1 Å². The summed E-state index contributed by atoms with van der Waals surface area (Å²) in [6.45, 7) is 7.21. The summed E-state index contributed by atoms with van der Waals surface area (Å²) in [5, 5.41) is 2.78. The van der Waals surface area contributed by atoms with Crippen molar-refractivity contribution in [3.63, 3.8) is 0 Å². The molecule has 0 unspecified atom stereocenters. The molecule has 3 aromatic rings. The maximum Gasteiger partial charge on any atom is 0.354 e. The summed E-state index contributed by atoms with van der Waals surface area (Å²) in [7, 11) is 7.32. The van der Waals surface area contributed by atoms with Crippen LogP contribution in [0.25, 0.3) is 16.8 Å². The number of hydrogen-bond donors (Lipinski definition) is 1. The number of rotatable bonds is 3. The highest BCUT2D eigenvalue weighted by atomic mass is 35.5. The van der Waals surface area contributed by atoms with Crippen LogP contribution in [-0.2, 0) is 17.7 Å². The summed E-state index contributed by atoms with van der Waals surface area (Å²) in [5.41, 5.74) is 15.1. The molecule has 0 spiro atoms. The molecule has 50 heavy (non-hydrogen) atoms. The third-order valence-corrected chi connectivity index (χ3v) is 10.0. The first-order valence-electron chi connectivity index (χ1n) is 17.1. The minimum absolute atomic E-state index is 0.371. The van der Waals surface area contributed by atoms with Crippen molar-refractivity contribution >= 4 is 51.9 Å². The zero-order chi connectivity index (χ0) is 36.2. The molecule has 9 heteroatoms. The lowest BCUT2D eigenvalue weighted by Gasteiger charge is -2.20. The molecule has 2 N–H and O–H groups in total. The Kier molecular flexibility index (Phi) is 14.5. The first-order chi connectivity index (χ1) is 24.1. The molecule has 2 bridgehead atoms. The monoisotopic (exact) mass is 714 g/mol. The van der Waals surface area contributed by atoms with E-state index in [0.29, 0.717) is 36.1 Å². The SMILES string of the molecule is CC\C=C1/CSCC(N)=CC(=NC)CCc2cc(c3ccccc3c2)OCCCn2c(cc(C)c2C(=O)OC)\C=C/C(Cl)=C/C1=C(\C)N(C)C. The fourth-order valence-corrected chi connectivity index (χ4v) is 7.12. The van der Waals surface area contributed by atoms with Gasteiger partial charge in [-0.2, -0.15) is 11.8 Å². The molecule has 0 aliphatic carbocycles. The van der Waals surface area contributed by atoms with Gasteiger partial charge in [-0.1, -0.05) is 54.9 Å². The van der Waals surface area contributed by atoms with Crippen molar-refractivity contribution in [3.05, 3.63) is 117 Å². The molecule has 2 heterocycles. The van der Waals surface area contributed by atoms with E-state index in [1.54, 1.807) is 11.8 Å². The van der Waals surface area contributed by atoms with Crippen LogP contribution in [-0.4, -0.2) is 67.5 Å². The van der Waals surface area contributed by atoms with Crippen LogP contribution in [0.4, 0.5) is 0 Å². The highest BCUT2D eigenvalue weighted by molar-refractivity contribution is 7.99.